The van der Waals surface area contributed by atoms with Crippen molar-refractivity contribution >= 4 is 16.9 Å². The van der Waals surface area contributed by atoms with Gasteiger partial charge >= 0.3 is 5.97 Å². The summed E-state index contributed by atoms with van der Waals surface area (Å²) in [6.45, 7) is 0. The maximum absolute atomic E-state index is 13.2. The van der Waals surface area contributed by atoms with Crippen LogP contribution in [0.3, 0.4) is 0 Å². The molecule has 3 rings (SSSR count). The normalized spacial score (nSPS) is 22.1. The number of pyridine rings is 1. The van der Waals surface area contributed by atoms with Crippen LogP contribution >= 0.6 is 0 Å². The molecule has 0 aliphatic heterocycles. The molecule has 0 radical (unpaired) electrons. The summed E-state index contributed by atoms with van der Waals surface area (Å²) in [5, 5.41) is 9.33. The Balaban J connectivity index is 2.37. The minimum atomic E-state index is -1.28. The molecule has 0 amide bonds. The van der Waals surface area contributed by atoms with Crippen LogP contribution in [0.15, 0.2) is 35.3 Å². The van der Waals surface area contributed by atoms with Gasteiger partial charge in [0.1, 0.15) is 11.7 Å². The Morgan fingerprint density at radius 1 is 1.39 bits per heavy atom. The second kappa shape index (κ2) is 3.66. The van der Waals surface area contributed by atoms with Crippen molar-refractivity contribution in [1.29, 1.82) is 0 Å². The number of hydrogen-bond donors (Lipinski definition) is 1. The van der Waals surface area contributed by atoms with Crippen LogP contribution in [0.4, 0.5) is 4.39 Å². The first kappa shape index (κ1) is 11.0. The summed E-state index contributed by atoms with van der Waals surface area (Å²) in [5.74, 6) is -1.28. The number of benzene rings is 1. The second-order valence-corrected chi connectivity index (χ2v) is 4.42. The van der Waals surface area contributed by atoms with Crippen LogP contribution < -0.4 is 5.43 Å². The first-order valence-electron chi connectivity index (χ1n) is 5.61. The standard InChI is InChI=1S/C13H10FNO3/c14-9-5-11(9)15-6-8(13(17)18)12(16)7-3-1-2-4-10(7)15/h1-4,6,9,11H,5H2,(H,17,18)/t9-,11-/m1/s1. The molecule has 1 aliphatic rings. The predicted molar refractivity (Wildman–Crippen MR) is 63.7 cm³/mol. The smallest absolute Gasteiger partial charge is 0.341 e. The summed E-state index contributed by atoms with van der Waals surface area (Å²) in [6.07, 6.45) is 0.654. The van der Waals surface area contributed by atoms with Gasteiger partial charge in [-0.1, -0.05) is 12.1 Å². The molecular formula is C13H10FNO3. The van der Waals surface area contributed by atoms with Gasteiger partial charge in [0.2, 0.25) is 5.43 Å². The maximum atomic E-state index is 13.2. The SMILES string of the molecule is O=C(O)c1cn([C@@H]2C[C@H]2F)c2ccccc2c1=O. The zero-order chi connectivity index (χ0) is 12.9. The van der Waals surface area contributed by atoms with Gasteiger partial charge in [-0.05, 0) is 12.1 Å². The fourth-order valence-electron chi connectivity index (χ4n) is 2.17. The highest BCUT2D eigenvalue weighted by Crippen LogP contribution is 2.40. The minimum Gasteiger partial charge on any atom is -0.477 e. The van der Waals surface area contributed by atoms with E-state index >= 15 is 0 Å². The number of aromatic nitrogens is 1. The number of hydrogen-bond acceptors (Lipinski definition) is 2. The first-order chi connectivity index (χ1) is 8.59. The molecular weight excluding hydrogens is 237 g/mol. The van der Waals surface area contributed by atoms with E-state index < -0.39 is 17.6 Å². The summed E-state index contributed by atoms with van der Waals surface area (Å²) < 4.78 is 14.7. The fourth-order valence-corrected chi connectivity index (χ4v) is 2.17. The Morgan fingerprint density at radius 2 is 2.06 bits per heavy atom. The summed E-state index contributed by atoms with van der Waals surface area (Å²) >= 11 is 0. The Labute approximate surface area is 101 Å². The molecule has 1 fully saturated rings. The average Bonchev–Trinajstić information content (AvgIpc) is 3.06. The Bertz CT molecular complexity index is 707. The van der Waals surface area contributed by atoms with Gasteiger partial charge in [0.15, 0.2) is 0 Å². The van der Waals surface area contributed by atoms with Gasteiger partial charge in [-0.2, -0.15) is 0 Å². The highest BCUT2D eigenvalue weighted by molar-refractivity contribution is 5.92. The van der Waals surface area contributed by atoms with Gasteiger partial charge in [-0.25, -0.2) is 9.18 Å². The molecule has 1 aromatic heterocycles. The van der Waals surface area contributed by atoms with E-state index in [0.29, 0.717) is 17.3 Å². The number of fused-ring (bicyclic) bond motifs is 1. The number of carboxylic acid groups (broad SMARTS) is 1. The van der Waals surface area contributed by atoms with E-state index in [4.69, 9.17) is 5.11 Å². The highest BCUT2D eigenvalue weighted by atomic mass is 19.1. The lowest BCUT2D eigenvalue weighted by atomic mass is 10.1. The van der Waals surface area contributed by atoms with Crippen molar-refractivity contribution in [2.45, 2.75) is 18.6 Å². The van der Waals surface area contributed by atoms with Crippen molar-refractivity contribution in [3.8, 4) is 0 Å². The van der Waals surface area contributed by atoms with Crippen LogP contribution in [0.5, 0.6) is 0 Å². The quantitative estimate of drug-likeness (QED) is 0.882. The van der Waals surface area contributed by atoms with Crippen molar-refractivity contribution in [1.82, 2.24) is 4.57 Å². The number of carboxylic acids is 1. The summed E-state index contributed by atoms with van der Waals surface area (Å²) in [7, 11) is 0. The zero-order valence-corrected chi connectivity index (χ0v) is 9.34. The molecule has 1 heterocycles. The molecule has 2 aromatic rings. The molecule has 1 aliphatic carbocycles. The van der Waals surface area contributed by atoms with E-state index in [0.717, 1.165) is 0 Å². The van der Waals surface area contributed by atoms with Gasteiger partial charge in [0.05, 0.1) is 11.6 Å². The molecule has 18 heavy (non-hydrogen) atoms. The molecule has 0 unspecified atom stereocenters. The third-order valence-corrected chi connectivity index (χ3v) is 3.21. The van der Waals surface area contributed by atoms with E-state index in [-0.39, 0.29) is 11.6 Å². The van der Waals surface area contributed by atoms with E-state index in [1.54, 1.807) is 28.8 Å². The lowest BCUT2D eigenvalue weighted by molar-refractivity contribution is 0.0694. The number of halogens is 1. The molecule has 0 bridgehead atoms. The molecule has 1 saturated carbocycles. The topological polar surface area (TPSA) is 59.3 Å². The third-order valence-electron chi connectivity index (χ3n) is 3.21. The van der Waals surface area contributed by atoms with Crippen molar-refractivity contribution in [2.75, 3.05) is 0 Å². The molecule has 2 atom stereocenters. The predicted octanol–water partition coefficient (Wildman–Crippen LogP) is 1.98. The van der Waals surface area contributed by atoms with E-state index in [1.165, 1.54) is 6.20 Å². The Kier molecular flexibility index (Phi) is 2.23. The largest absolute Gasteiger partial charge is 0.477 e. The molecule has 1 aromatic carbocycles. The average molecular weight is 247 g/mol. The Morgan fingerprint density at radius 3 is 2.67 bits per heavy atom. The first-order valence-corrected chi connectivity index (χ1v) is 5.61. The number of para-hydroxylation sites is 1. The van der Waals surface area contributed by atoms with Gasteiger partial charge in [0, 0.05) is 18.0 Å². The van der Waals surface area contributed by atoms with Gasteiger partial charge < -0.3 is 9.67 Å². The van der Waals surface area contributed by atoms with E-state index in [9.17, 15) is 14.0 Å². The van der Waals surface area contributed by atoms with Crippen LogP contribution in [0.1, 0.15) is 22.8 Å². The van der Waals surface area contributed by atoms with Crippen LogP contribution in [0.2, 0.25) is 0 Å². The minimum absolute atomic E-state index is 0.312. The lowest BCUT2D eigenvalue weighted by Crippen LogP contribution is -2.18. The second-order valence-electron chi connectivity index (χ2n) is 4.42. The van der Waals surface area contributed by atoms with Crippen molar-refractivity contribution < 1.29 is 14.3 Å². The number of aromatic carboxylic acids is 1. The summed E-state index contributed by atoms with van der Waals surface area (Å²) in [5.41, 5.74) is -0.254. The number of rotatable bonds is 2. The fraction of sp³-hybridized carbons (Fsp3) is 0.231. The van der Waals surface area contributed by atoms with E-state index in [2.05, 4.69) is 0 Å². The number of nitrogens with zero attached hydrogens (tertiary/aromatic N) is 1. The Hall–Kier alpha value is -2.17. The van der Waals surface area contributed by atoms with Gasteiger partial charge in [-0.3, -0.25) is 4.79 Å². The van der Waals surface area contributed by atoms with Crippen LogP contribution in [-0.4, -0.2) is 21.8 Å². The molecule has 4 nitrogen and oxygen atoms in total. The molecule has 92 valence electrons. The van der Waals surface area contributed by atoms with Crippen molar-refractivity contribution in [3.63, 3.8) is 0 Å². The monoisotopic (exact) mass is 247 g/mol. The van der Waals surface area contributed by atoms with Crippen molar-refractivity contribution in [2.24, 2.45) is 0 Å². The summed E-state index contributed by atoms with van der Waals surface area (Å²) in [4.78, 5) is 23.0. The van der Waals surface area contributed by atoms with Crippen LogP contribution in [0, 0.1) is 0 Å². The summed E-state index contributed by atoms with van der Waals surface area (Å²) in [6, 6.07) is 6.32. The van der Waals surface area contributed by atoms with Gasteiger partial charge in [-0.15, -0.1) is 0 Å². The van der Waals surface area contributed by atoms with Crippen molar-refractivity contribution in [3.05, 3.63) is 46.2 Å². The van der Waals surface area contributed by atoms with E-state index in [1.807, 2.05) is 0 Å². The maximum Gasteiger partial charge on any atom is 0.341 e. The van der Waals surface area contributed by atoms with Crippen LogP contribution in [0.25, 0.3) is 10.9 Å². The zero-order valence-electron chi connectivity index (χ0n) is 9.34. The molecule has 0 spiro atoms. The van der Waals surface area contributed by atoms with Gasteiger partial charge in [0.25, 0.3) is 0 Å². The molecule has 5 heteroatoms. The lowest BCUT2D eigenvalue weighted by Gasteiger charge is -2.10. The van der Waals surface area contributed by atoms with Crippen LogP contribution in [-0.2, 0) is 0 Å². The number of carbonyl (C=O) groups is 1. The number of alkyl halides is 1. The molecule has 0 saturated heterocycles. The highest BCUT2D eigenvalue weighted by Gasteiger charge is 2.39. The third kappa shape index (κ3) is 1.51. The molecule has 1 N–H and O–H groups in total.